The van der Waals surface area contributed by atoms with E-state index in [4.69, 9.17) is 12.2 Å². The van der Waals surface area contributed by atoms with Gasteiger partial charge in [-0.15, -0.1) is 0 Å². The van der Waals surface area contributed by atoms with Crippen molar-refractivity contribution in [2.24, 2.45) is 0 Å². The summed E-state index contributed by atoms with van der Waals surface area (Å²) in [7, 11) is 0. The molecule has 0 unspecified atom stereocenters. The summed E-state index contributed by atoms with van der Waals surface area (Å²) in [6.45, 7) is 0. The third kappa shape index (κ3) is 2.86. The normalized spacial score (nSPS) is 16.4. The number of benzene rings is 2. The van der Waals surface area contributed by atoms with Gasteiger partial charge in [0.05, 0.1) is 4.91 Å². The average Bonchev–Trinajstić information content (AvgIpc) is 2.82. The van der Waals surface area contributed by atoms with E-state index < -0.39 is 0 Å². The Balaban J connectivity index is 1.89. The van der Waals surface area contributed by atoms with Crippen molar-refractivity contribution in [2.45, 2.75) is 0 Å². The van der Waals surface area contributed by atoms with E-state index in [0.29, 0.717) is 10.5 Å². The first-order valence-electron chi connectivity index (χ1n) is 6.59. The zero-order chi connectivity index (χ0) is 15.5. The van der Waals surface area contributed by atoms with Crippen molar-refractivity contribution in [3.05, 3.63) is 76.7 Å². The molecule has 3 rings (SSSR count). The van der Waals surface area contributed by atoms with Crippen LogP contribution in [0, 0.1) is 0 Å². The highest BCUT2D eigenvalue weighted by Gasteiger charge is 2.37. The molecule has 0 radical (unpaired) electrons. The van der Waals surface area contributed by atoms with Crippen LogP contribution in [0.2, 0.25) is 0 Å². The molecule has 2 amide bonds. The van der Waals surface area contributed by atoms with Gasteiger partial charge in [0.1, 0.15) is 0 Å². The minimum Gasteiger partial charge on any atom is -0.268 e. The molecule has 5 heteroatoms. The van der Waals surface area contributed by atoms with Crippen LogP contribution in [-0.4, -0.2) is 21.0 Å². The maximum absolute atomic E-state index is 12.5. The first kappa shape index (κ1) is 14.7. The number of hydrogen-bond donors (Lipinski definition) is 0. The molecule has 108 valence electrons. The van der Waals surface area contributed by atoms with Gasteiger partial charge in [-0.25, -0.2) is 4.90 Å². The molecule has 0 atom stereocenters. The monoisotopic (exact) mass is 325 g/mol. The lowest BCUT2D eigenvalue weighted by molar-refractivity contribution is -0.120. The molecule has 0 aromatic heterocycles. The van der Waals surface area contributed by atoms with Crippen LogP contribution in [0.1, 0.15) is 15.9 Å². The summed E-state index contributed by atoms with van der Waals surface area (Å²) in [6.07, 6.45) is 1.75. The highest BCUT2D eigenvalue weighted by atomic mass is 32.2. The summed E-state index contributed by atoms with van der Waals surface area (Å²) in [5, 5.41) is 0. The van der Waals surface area contributed by atoms with E-state index in [1.807, 2.05) is 36.4 Å². The second-order valence-electron chi connectivity index (χ2n) is 4.60. The minimum atomic E-state index is -0.389. The van der Waals surface area contributed by atoms with Gasteiger partial charge in [-0.1, -0.05) is 72.5 Å². The zero-order valence-electron chi connectivity index (χ0n) is 11.4. The van der Waals surface area contributed by atoms with Crippen LogP contribution >= 0.6 is 24.0 Å². The topological polar surface area (TPSA) is 37.4 Å². The van der Waals surface area contributed by atoms with E-state index >= 15 is 0 Å². The van der Waals surface area contributed by atoms with Gasteiger partial charge in [-0.05, 0) is 23.8 Å². The van der Waals surface area contributed by atoms with Gasteiger partial charge in [-0.2, -0.15) is 0 Å². The fourth-order valence-electron chi connectivity index (χ4n) is 2.05. The molecular weight excluding hydrogens is 314 g/mol. The molecule has 0 aliphatic carbocycles. The Morgan fingerprint density at radius 1 is 1.00 bits per heavy atom. The lowest BCUT2D eigenvalue weighted by atomic mass is 10.2. The molecule has 1 aliphatic rings. The predicted molar refractivity (Wildman–Crippen MR) is 92.2 cm³/mol. The molecule has 1 saturated heterocycles. The van der Waals surface area contributed by atoms with E-state index in [-0.39, 0.29) is 16.1 Å². The second-order valence-corrected chi connectivity index (χ2v) is 6.27. The number of rotatable bonds is 2. The third-order valence-corrected chi connectivity index (χ3v) is 4.42. The molecule has 3 nitrogen and oxygen atoms in total. The summed E-state index contributed by atoms with van der Waals surface area (Å²) in [5.74, 6) is -0.757. The second kappa shape index (κ2) is 6.25. The van der Waals surface area contributed by atoms with E-state index in [9.17, 15) is 9.59 Å². The Kier molecular flexibility index (Phi) is 4.18. The number of carbonyl (C=O) groups excluding carboxylic acids is 2. The van der Waals surface area contributed by atoms with E-state index in [2.05, 4.69) is 0 Å². The van der Waals surface area contributed by atoms with Gasteiger partial charge >= 0.3 is 0 Å². The molecule has 0 saturated carbocycles. The van der Waals surface area contributed by atoms with Gasteiger partial charge in [0, 0.05) is 5.56 Å². The van der Waals surface area contributed by atoms with Crippen molar-refractivity contribution in [3.8, 4) is 0 Å². The van der Waals surface area contributed by atoms with Crippen molar-refractivity contribution in [3.63, 3.8) is 0 Å². The van der Waals surface area contributed by atoms with Crippen LogP contribution < -0.4 is 0 Å². The van der Waals surface area contributed by atoms with Crippen molar-refractivity contribution in [2.75, 3.05) is 0 Å². The first-order valence-corrected chi connectivity index (χ1v) is 7.81. The molecule has 1 fully saturated rings. The third-order valence-electron chi connectivity index (χ3n) is 3.11. The van der Waals surface area contributed by atoms with E-state index in [1.54, 1.807) is 30.3 Å². The fraction of sp³-hybridized carbons (Fsp3) is 0. The smallest absolute Gasteiger partial charge is 0.268 e. The SMILES string of the molecule is O=C1C(=Cc2ccccc2)SC(=S)N1C(=O)c1ccccc1. The standard InChI is InChI=1S/C17H11NO2S2/c19-15(13-9-5-2-6-10-13)18-16(20)14(22-17(18)21)11-12-7-3-1-4-8-12/h1-11H. The van der Waals surface area contributed by atoms with Crippen molar-refractivity contribution in [1.82, 2.24) is 4.90 Å². The number of imide groups is 1. The van der Waals surface area contributed by atoms with Crippen LogP contribution in [0.4, 0.5) is 0 Å². The fourth-order valence-corrected chi connectivity index (χ4v) is 3.31. The van der Waals surface area contributed by atoms with Crippen LogP contribution in [-0.2, 0) is 4.79 Å². The molecule has 0 bridgehead atoms. The summed E-state index contributed by atoms with van der Waals surface area (Å²) in [4.78, 5) is 26.4. The van der Waals surface area contributed by atoms with Gasteiger partial charge in [-0.3, -0.25) is 9.59 Å². The number of amides is 2. The van der Waals surface area contributed by atoms with E-state index in [0.717, 1.165) is 22.2 Å². The number of thiocarbonyl (C=S) groups is 1. The lowest BCUT2D eigenvalue weighted by Gasteiger charge is -2.12. The average molecular weight is 325 g/mol. The summed E-state index contributed by atoms with van der Waals surface area (Å²) in [6, 6.07) is 18.1. The van der Waals surface area contributed by atoms with Crippen LogP contribution in [0.15, 0.2) is 65.6 Å². The van der Waals surface area contributed by atoms with Gasteiger partial charge in [0.2, 0.25) is 0 Å². The quantitative estimate of drug-likeness (QED) is 0.479. The number of nitrogens with zero attached hydrogens (tertiary/aromatic N) is 1. The molecule has 22 heavy (non-hydrogen) atoms. The molecule has 1 heterocycles. The van der Waals surface area contributed by atoms with Gasteiger partial charge in [0.15, 0.2) is 4.32 Å². The Bertz CT molecular complexity index is 770. The molecule has 1 aliphatic heterocycles. The predicted octanol–water partition coefficient (Wildman–Crippen LogP) is 3.73. The zero-order valence-corrected chi connectivity index (χ0v) is 13.1. The number of carbonyl (C=O) groups is 2. The maximum atomic E-state index is 12.5. The van der Waals surface area contributed by atoms with Crippen LogP contribution in [0.5, 0.6) is 0 Å². The largest absolute Gasteiger partial charge is 0.273 e. The summed E-state index contributed by atoms with van der Waals surface area (Å²) >= 11 is 6.34. The van der Waals surface area contributed by atoms with Crippen LogP contribution in [0.3, 0.4) is 0 Å². The van der Waals surface area contributed by atoms with E-state index in [1.165, 1.54) is 0 Å². The van der Waals surface area contributed by atoms with Crippen LogP contribution in [0.25, 0.3) is 6.08 Å². The summed E-state index contributed by atoms with van der Waals surface area (Å²) in [5.41, 5.74) is 1.34. The molecule has 2 aromatic rings. The van der Waals surface area contributed by atoms with Gasteiger partial charge < -0.3 is 0 Å². The maximum Gasteiger partial charge on any atom is 0.273 e. The number of hydrogen-bond acceptors (Lipinski definition) is 4. The minimum absolute atomic E-state index is 0.265. The summed E-state index contributed by atoms with van der Waals surface area (Å²) < 4.78 is 0.265. The number of thioether (sulfide) groups is 1. The molecule has 0 spiro atoms. The lowest BCUT2D eigenvalue weighted by Crippen LogP contribution is -2.34. The highest BCUT2D eigenvalue weighted by molar-refractivity contribution is 8.26. The highest BCUT2D eigenvalue weighted by Crippen LogP contribution is 2.33. The first-order chi connectivity index (χ1) is 10.7. The van der Waals surface area contributed by atoms with Crippen molar-refractivity contribution >= 4 is 46.2 Å². The van der Waals surface area contributed by atoms with Gasteiger partial charge in [0.25, 0.3) is 11.8 Å². The van der Waals surface area contributed by atoms with Crippen molar-refractivity contribution < 1.29 is 9.59 Å². The Morgan fingerprint density at radius 3 is 2.23 bits per heavy atom. The molecule has 2 aromatic carbocycles. The Hall–Kier alpha value is -2.24. The molecule has 0 N–H and O–H groups in total. The van der Waals surface area contributed by atoms with Crippen molar-refractivity contribution in [1.29, 1.82) is 0 Å². The Labute approximate surface area is 137 Å². The molecular formula is C17H11NO2S2. The Morgan fingerprint density at radius 2 is 1.59 bits per heavy atom.